The molecule has 0 radical (unpaired) electrons. The summed E-state index contributed by atoms with van der Waals surface area (Å²) in [5.41, 5.74) is 2.78. The van der Waals surface area contributed by atoms with Crippen LogP contribution in [0, 0.1) is 5.92 Å². The Morgan fingerprint density at radius 3 is 2.57 bits per heavy atom. The van der Waals surface area contributed by atoms with Crippen LogP contribution in [0.4, 0.5) is 0 Å². The number of thiazole rings is 1. The maximum Gasteiger partial charge on any atom is 0.273 e. The van der Waals surface area contributed by atoms with E-state index in [0.29, 0.717) is 31.9 Å². The number of carbonyl (C=O) groups excluding carboxylic acids is 2. The highest BCUT2D eigenvalue weighted by Gasteiger charge is 2.35. The van der Waals surface area contributed by atoms with Crippen molar-refractivity contribution in [1.82, 2.24) is 19.4 Å². The molecule has 3 heterocycles. The number of nitrogens with zero attached hydrogens (tertiary/aromatic N) is 4. The van der Waals surface area contributed by atoms with E-state index < -0.39 is 0 Å². The normalized spacial score (nSPS) is 17.0. The molecule has 1 saturated carbocycles. The van der Waals surface area contributed by atoms with Crippen molar-refractivity contribution < 1.29 is 9.59 Å². The van der Waals surface area contributed by atoms with Crippen molar-refractivity contribution in [2.75, 3.05) is 26.2 Å². The first-order valence-corrected chi connectivity index (χ1v) is 11.7. The third-order valence-corrected chi connectivity index (χ3v) is 6.87. The molecule has 0 bridgehead atoms. The second kappa shape index (κ2) is 7.87. The molecule has 2 aromatic heterocycles. The number of amides is 2. The van der Waals surface area contributed by atoms with Gasteiger partial charge in [-0.2, -0.15) is 0 Å². The van der Waals surface area contributed by atoms with Crippen molar-refractivity contribution >= 4 is 34.1 Å². The molecule has 1 aromatic carbocycles. The minimum atomic E-state index is -0.0332. The van der Waals surface area contributed by atoms with Crippen molar-refractivity contribution in [2.45, 2.75) is 32.7 Å². The molecule has 2 fully saturated rings. The first-order chi connectivity index (χ1) is 14.7. The van der Waals surface area contributed by atoms with Crippen LogP contribution in [0.3, 0.4) is 0 Å². The third kappa shape index (κ3) is 3.51. The third-order valence-electron chi connectivity index (χ3n) is 6.01. The average molecular weight is 423 g/mol. The minimum absolute atomic E-state index is 0.0332. The van der Waals surface area contributed by atoms with Crippen molar-refractivity contribution in [3.63, 3.8) is 0 Å². The SMILES string of the molecule is CCCn1c(-c2nc(C(=O)N3CCN(C(=O)C4CC4)CC3)cs2)cc2ccccc21. The van der Waals surface area contributed by atoms with Crippen LogP contribution in [-0.4, -0.2) is 57.3 Å². The fourth-order valence-corrected chi connectivity index (χ4v) is 5.04. The molecule has 7 heteroatoms. The van der Waals surface area contributed by atoms with E-state index in [1.54, 1.807) is 0 Å². The fourth-order valence-electron chi connectivity index (χ4n) is 4.22. The lowest BCUT2D eigenvalue weighted by molar-refractivity contribution is -0.134. The summed E-state index contributed by atoms with van der Waals surface area (Å²) in [4.78, 5) is 33.7. The molecule has 0 spiro atoms. The van der Waals surface area contributed by atoms with E-state index in [-0.39, 0.29) is 17.7 Å². The minimum Gasteiger partial charge on any atom is -0.339 e. The molecule has 0 atom stereocenters. The van der Waals surface area contributed by atoms with E-state index in [9.17, 15) is 9.59 Å². The van der Waals surface area contributed by atoms with Crippen LogP contribution in [0.5, 0.6) is 0 Å². The Morgan fingerprint density at radius 2 is 1.83 bits per heavy atom. The highest BCUT2D eigenvalue weighted by atomic mass is 32.1. The molecule has 0 unspecified atom stereocenters. The Kier molecular flexibility index (Phi) is 5.06. The van der Waals surface area contributed by atoms with E-state index in [4.69, 9.17) is 4.98 Å². The molecular formula is C23H26N4O2S. The zero-order chi connectivity index (χ0) is 20.7. The lowest BCUT2D eigenvalue weighted by atomic mass is 10.2. The number of hydrogen-bond donors (Lipinski definition) is 0. The molecule has 2 amide bonds. The van der Waals surface area contributed by atoms with Crippen LogP contribution in [-0.2, 0) is 11.3 Å². The molecule has 1 aliphatic carbocycles. The van der Waals surface area contributed by atoms with Gasteiger partial charge < -0.3 is 14.4 Å². The summed E-state index contributed by atoms with van der Waals surface area (Å²) in [6.45, 7) is 5.51. The molecule has 3 aromatic rings. The summed E-state index contributed by atoms with van der Waals surface area (Å²) in [7, 11) is 0. The largest absolute Gasteiger partial charge is 0.339 e. The summed E-state index contributed by atoms with van der Waals surface area (Å²) in [5.74, 6) is 0.471. The second-order valence-corrected chi connectivity index (χ2v) is 9.03. The highest BCUT2D eigenvalue weighted by molar-refractivity contribution is 7.13. The Morgan fingerprint density at radius 1 is 1.10 bits per heavy atom. The standard InChI is InChI=1S/C23H26N4O2S/c1-2-9-27-19-6-4-3-5-17(19)14-20(27)21-24-18(15-30-21)23(29)26-12-10-25(11-13-26)22(28)16-7-8-16/h3-6,14-16H,2,7-13H2,1H3. The van der Waals surface area contributed by atoms with Gasteiger partial charge in [0.2, 0.25) is 5.91 Å². The predicted molar refractivity (Wildman–Crippen MR) is 119 cm³/mol. The van der Waals surface area contributed by atoms with Gasteiger partial charge in [0.05, 0.1) is 5.69 Å². The number of carbonyl (C=O) groups is 2. The molecule has 156 valence electrons. The second-order valence-electron chi connectivity index (χ2n) is 8.17. The quantitative estimate of drug-likeness (QED) is 0.627. The van der Waals surface area contributed by atoms with Gasteiger partial charge in [-0.25, -0.2) is 4.98 Å². The van der Waals surface area contributed by atoms with Gasteiger partial charge >= 0.3 is 0 Å². The molecule has 0 N–H and O–H groups in total. The van der Waals surface area contributed by atoms with Gasteiger partial charge in [-0.05, 0) is 31.4 Å². The number of rotatable bonds is 5. The molecule has 1 saturated heterocycles. The number of aryl methyl sites for hydroxylation is 1. The summed E-state index contributed by atoms with van der Waals surface area (Å²) in [6, 6.07) is 10.5. The maximum atomic E-state index is 13.0. The number of fused-ring (bicyclic) bond motifs is 1. The van der Waals surface area contributed by atoms with E-state index in [1.165, 1.54) is 22.2 Å². The maximum absolute atomic E-state index is 13.0. The summed E-state index contributed by atoms with van der Waals surface area (Å²) in [6.07, 6.45) is 3.08. The van der Waals surface area contributed by atoms with E-state index >= 15 is 0 Å². The zero-order valence-electron chi connectivity index (χ0n) is 17.2. The van der Waals surface area contributed by atoms with Gasteiger partial charge in [-0.1, -0.05) is 25.1 Å². The van der Waals surface area contributed by atoms with Crippen LogP contribution in [0.15, 0.2) is 35.7 Å². The smallest absolute Gasteiger partial charge is 0.273 e. The Hall–Kier alpha value is -2.67. The summed E-state index contributed by atoms with van der Waals surface area (Å²) < 4.78 is 2.30. The summed E-state index contributed by atoms with van der Waals surface area (Å²) >= 11 is 1.52. The lowest BCUT2D eigenvalue weighted by Gasteiger charge is -2.34. The summed E-state index contributed by atoms with van der Waals surface area (Å²) in [5, 5.41) is 3.94. The first-order valence-electron chi connectivity index (χ1n) is 10.8. The zero-order valence-corrected chi connectivity index (χ0v) is 18.0. The molecule has 1 aliphatic heterocycles. The van der Waals surface area contributed by atoms with E-state index in [2.05, 4.69) is 35.8 Å². The van der Waals surface area contributed by atoms with Crippen LogP contribution in [0.25, 0.3) is 21.6 Å². The Balaban J connectivity index is 1.33. The van der Waals surface area contributed by atoms with Gasteiger partial charge in [0, 0.05) is 54.9 Å². The monoisotopic (exact) mass is 422 g/mol. The lowest BCUT2D eigenvalue weighted by Crippen LogP contribution is -2.51. The predicted octanol–water partition coefficient (Wildman–Crippen LogP) is 3.87. The van der Waals surface area contributed by atoms with Crippen LogP contribution in [0.1, 0.15) is 36.7 Å². The molecule has 2 aliphatic rings. The first kappa shape index (κ1) is 19.3. The van der Waals surface area contributed by atoms with Gasteiger partial charge in [-0.3, -0.25) is 9.59 Å². The molecular weight excluding hydrogens is 396 g/mol. The molecule has 30 heavy (non-hydrogen) atoms. The number of para-hydroxylation sites is 1. The van der Waals surface area contributed by atoms with E-state index in [1.807, 2.05) is 21.2 Å². The average Bonchev–Trinajstić information content (AvgIpc) is 3.41. The van der Waals surface area contributed by atoms with Gasteiger partial charge in [0.1, 0.15) is 10.7 Å². The molecule has 6 nitrogen and oxygen atoms in total. The molecule has 5 rings (SSSR count). The number of aromatic nitrogens is 2. The number of piperazine rings is 1. The van der Waals surface area contributed by atoms with Crippen molar-refractivity contribution in [3.05, 3.63) is 41.4 Å². The van der Waals surface area contributed by atoms with Crippen molar-refractivity contribution in [2.24, 2.45) is 5.92 Å². The van der Waals surface area contributed by atoms with Crippen LogP contribution >= 0.6 is 11.3 Å². The Bertz CT molecular complexity index is 1090. The van der Waals surface area contributed by atoms with E-state index in [0.717, 1.165) is 36.5 Å². The topological polar surface area (TPSA) is 58.4 Å². The van der Waals surface area contributed by atoms with Gasteiger partial charge in [0.25, 0.3) is 5.91 Å². The van der Waals surface area contributed by atoms with Gasteiger partial charge in [-0.15, -0.1) is 11.3 Å². The van der Waals surface area contributed by atoms with Crippen molar-refractivity contribution in [1.29, 1.82) is 0 Å². The number of hydrogen-bond acceptors (Lipinski definition) is 4. The number of benzene rings is 1. The van der Waals surface area contributed by atoms with Gasteiger partial charge in [0.15, 0.2) is 0 Å². The fraction of sp³-hybridized carbons (Fsp3) is 0.435. The highest BCUT2D eigenvalue weighted by Crippen LogP contribution is 2.32. The van der Waals surface area contributed by atoms with Crippen molar-refractivity contribution in [3.8, 4) is 10.7 Å². The Labute approximate surface area is 180 Å². The van der Waals surface area contributed by atoms with Crippen LogP contribution < -0.4 is 0 Å². The van der Waals surface area contributed by atoms with Crippen LogP contribution in [0.2, 0.25) is 0 Å².